The number of benzene rings is 1. The van der Waals surface area contributed by atoms with Crippen LogP contribution in [0.4, 0.5) is 0 Å². The van der Waals surface area contributed by atoms with E-state index in [1.165, 1.54) is 11.9 Å². The fourth-order valence-corrected chi connectivity index (χ4v) is 1.73. The Labute approximate surface area is 74.2 Å². The van der Waals surface area contributed by atoms with Gasteiger partial charge >= 0.3 is 0 Å². The van der Waals surface area contributed by atoms with Gasteiger partial charge < -0.3 is 5.11 Å². The molecule has 0 saturated heterocycles. The first-order valence-corrected chi connectivity index (χ1v) is 4.44. The molecule has 0 radical (unpaired) electrons. The Morgan fingerprint density at radius 3 is 2.67 bits per heavy atom. The maximum atomic E-state index is 11.1. The third kappa shape index (κ3) is 1.35. The van der Waals surface area contributed by atoms with Crippen molar-refractivity contribution < 1.29 is 5.11 Å². The van der Waals surface area contributed by atoms with Crippen LogP contribution in [0, 0.1) is 4.54 Å². The van der Waals surface area contributed by atoms with E-state index in [0.29, 0.717) is 0 Å². The molecule has 0 aromatic heterocycles. The standard InChI is InChI=1S/C8H7NO2S/c10-8-7(12-9-11-8)6-4-2-1-3-5-6/h1-5,7-8H. The second-order valence-electron chi connectivity index (χ2n) is 2.49. The molecule has 2 unspecified atom stereocenters. The minimum absolute atomic E-state index is 0.189. The zero-order chi connectivity index (χ0) is 8.39. The van der Waals surface area contributed by atoms with Crippen molar-refractivity contribution in [3.05, 3.63) is 40.4 Å². The van der Waals surface area contributed by atoms with Crippen LogP contribution in [-0.2, 0) is 0 Å². The zero-order valence-electron chi connectivity index (χ0n) is 6.21. The van der Waals surface area contributed by atoms with Gasteiger partial charge in [0.15, 0.2) is 4.58 Å². The van der Waals surface area contributed by atoms with E-state index in [9.17, 15) is 5.11 Å². The van der Waals surface area contributed by atoms with E-state index >= 15 is 0 Å². The molecule has 0 bridgehead atoms. The molecule has 4 heteroatoms. The Hall–Kier alpha value is -0.870. The van der Waals surface area contributed by atoms with Crippen LogP contribution in [0.2, 0.25) is 0 Å². The van der Waals surface area contributed by atoms with Crippen molar-refractivity contribution in [2.75, 3.05) is 0 Å². The van der Waals surface area contributed by atoms with Gasteiger partial charge in [-0.1, -0.05) is 30.3 Å². The van der Waals surface area contributed by atoms with Gasteiger partial charge in [-0.2, -0.15) is 0 Å². The zero-order valence-corrected chi connectivity index (χ0v) is 7.03. The third-order valence-corrected chi connectivity index (χ3v) is 2.57. The summed E-state index contributed by atoms with van der Waals surface area (Å²) in [5, 5.41) is 10.9. The maximum absolute atomic E-state index is 11.1. The molecule has 3 nitrogen and oxygen atoms in total. The maximum Gasteiger partial charge on any atom is 0.284 e. The molecule has 1 aliphatic heterocycles. The monoisotopic (exact) mass is 181 g/mol. The van der Waals surface area contributed by atoms with E-state index in [0.717, 1.165) is 5.56 Å². The number of nitrogens with zero attached hydrogens (tertiary/aromatic N) is 1. The molecule has 0 aliphatic carbocycles. The van der Waals surface area contributed by atoms with E-state index in [1.807, 2.05) is 30.3 Å². The van der Waals surface area contributed by atoms with Crippen LogP contribution in [0.25, 0.3) is 0 Å². The highest BCUT2D eigenvalue weighted by Crippen LogP contribution is 2.36. The Balaban J connectivity index is 2.22. The minimum atomic E-state index is -1.06. The van der Waals surface area contributed by atoms with E-state index in [1.54, 1.807) is 0 Å². The highest BCUT2D eigenvalue weighted by Gasteiger charge is 2.31. The van der Waals surface area contributed by atoms with Gasteiger partial charge in [-0.3, -0.25) is 0 Å². The van der Waals surface area contributed by atoms with Gasteiger partial charge in [-0.25, -0.2) is 0 Å². The Kier molecular flexibility index (Phi) is 2.10. The van der Waals surface area contributed by atoms with Crippen LogP contribution < -0.4 is 5.11 Å². The molecule has 1 aliphatic rings. The van der Waals surface area contributed by atoms with Gasteiger partial charge in [-0.15, -0.1) is 4.54 Å². The van der Waals surface area contributed by atoms with Gasteiger partial charge in [-0.05, 0) is 5.56 Å². The molecule has 1 aromatic carbocycles. The highest BCUT2D eigenvalue weighted by molar-refractivity contribution is 7.98. The lowest BCUT2D eigenvalue weighted by Crippen LogP contribution is -2.26. The summed E-state index contributed by atoms with van der Waals surface area (Å²) in [5.74, 6) is 0. The van der Waals surface area contributed by atoms with Crippen LogP contribution in [0.15, 0.2) is 34.9 Å². The molecule has 2 rings (SSSR count). The van der Waals surface area contributed by atoms with Gasteiger partial charge in [0.2, 0.25) is 0 Å². The molecule has 1 heterocycles. The predicted octanol–water partition coefficient (Wildman–Crippen LogP) is 1.38. The van der Waals surface area contributed by atoms with Gasteiger partial charge in [0, 0.05) is 0 Å². The molecule has 0 N–H and O–H groups in total. The van der Waals surface area contributed by atoms with Crippen molar-refractivity contribution in [1.82, 2.24) is 0 Å². The molecule has 0 amide bonds. The van der Waals surface area contributed by atoms with Gasteiger partial charge in [0.25, 0.3) is 6.29 Å². The van der Waals surface area contributed by atoms with Crippen LogP contribution in [0.5, 0.6) is 0 Å². The van der Waals surface area contributed by atoms with Crippen molar-refractivity contribution in [2.24, 2.45) is 4.58 Å². The molecular weight excluding hydrogens is 174 g/mol. The molecule has 0 spiro atoms. The summed E-state index contributed by atoms with van der Waals surface area (Å²) in [6, 6.07) is 9.54. The largest absolute Gasteiger partial charge is 0.767 e. The fourth-order valence-electron chi connectivity index (χ4n) is 1.08. The number of hydrogen-bond donors (Lipinski definition) is 0. The Morgan fingerprint density at radius 2 is 2.08 bits per heavy atom. The Bertz CT molecular complexity index is 288. The van der Waals surface area contributed by atoms with Crippen molar-refractivity contribution in [2.45, 2.75) is 11.5 Å². The summed E-state index contributed by atoms with van der Waals surface area (Å²) in [5.41, 5.74) is 0.976. The molecule has 12 heavy (non-hydrogen) atoms. The summed E-state index contributed by atoms with van der Waals surface area (Å²) in [4.78, 5) is 0. The quantitative estimate of drug-likeness (QED) is 0.485. The average molecular weight is 181 g/mol. The van der Waals surface area contributed by atoms with E-state index < -0.39 is 6.29 Å². The van der Waals surface area contributed by atoms with E-state index in [-0.39, 0.29) is 5.25 Å². The van der Waals surface area contributed by atoms with Gasteiger partial charge in [0.05, 0.1) is 11.9 Å². The lowest BCUT2D eigenvalue weighted by molar-refractivity contribution is -0.404. The predicted molar refractivity (Wildman–Crippen MR) is 46.4 cm³/mol. The average Bonchev–Trinajstić information content (AvgIpc) is 2.53. The molecule has 0 saturated carbocycles. The topological polar surface area (TPSA) is 46.7 Å². The molecule has 1 aromatic rings. The van der Waals surface area contributed by atoms with Crippen molar-refractivity contribution in [3.63, 3.8) is 0 Å². The van der Waals surface area contributed by atoms with Crippen LogP contribution in [-0.4, -0.2) is 6.29 Å². The smallest absolute Gasteiger partial charge is 0.284 e. The number of rotatable bonds is 1. The molecular formula is C8H7NO2S. The fraction of sp³-hybridized carbons (Fsp3) is 0.250. The first-order valence-electron chi connectivity index (χ1n) is 3.60. The van der Waals surface area contributed by atoms with Crippen molar-refractivity contribution >= 4 is 11.9 Å². The van der Waals surface area contributed by atoms with Gasteiger partial charge in [0.1, 0.15) is 5.25 Å². The third-order valence-electron chi connectivity index (χ3n) is 1.68. The summed E-state index contributed by atoms with van der Waals surface area (Å²) >= 11 is 1.19. The molecule has 62 valence electrons. The second kappa shape index (κ2) is 3.25. The van der Waals surface area contributed by atoms with Crippen molar-refractivity contribution in [3.8, 4) is 0 Å². The van der Waals surface area contributed by atoms with E-state index in [4.69, 9.17) is 0 Å². The number of hydrogen-bond acceptors (Lipinski definition) is 3. The summed E-state index contributed by atoms with van der Waals surface area (Å²) in [7, 11) is 0. The first-order chi connectivity index (χ1) is 5.88. The highest BCUT2D eigenvalue weighted by atomic mass is 32.2. The summed E-state index contributed by atoms with van der Waals surface area (Å²) in [6.07, 6.45) is -1.06. The first kappa shape index (κ1) is 7.76. The lowest BCUT2D eigenvalue weighted by Gasteiger charge is -2.08. The van der Waals surface area contributed by atoms with Crippen LogP contribution >= 0.6 is 11.9 Å². The SMILES string of the molecule is [O-]C1[O+]=NSC1c1ccccc1. The second-order valence-corrected chi connectivity index (χ2v) is 3.35. The van der Waals surface area contributed by atoms with Crippen molar-refractivity contribution in [1.29, 1.82) is 0 Å². The number of nitroso groups, excluding NO2 is 1. The summed E-state index contributed by atoms with van der Waals surface area (Å²) < 4.78 is 8.08. The Morgan fingerprint density at radius 1 is 1.33 bits per heavy atom. The van der Waals surface area contributed by atoms with Crippen LogP contribution in [0.3, 0.4) is 0 Å². The van der Waals surface area contributed by atoms with Crippen LogP contribution in [0.1, 0.15) is 10.8 Å². The van der Waals surface area contributed by atoms with E-state index in [2.05, 4.69) is 9.12 Å². The normalized spacial score (nSPS) is 27.8. The lowest BCUT2D eigenvalue weighted by atomic mass is 10.1. The minimum Gasteiger partial charge on any atom is -0.767 e. The molecule has 2 atom stereocenters. The summed E-state index contributed by atoms with van der Waals surface area (Å²) in [6.45, 7) is 0. The molecule has 0 fully saturated rings.